The van der Waals surface area contributed by atoms with Crippen LogP contribution in [-0.2, 0) is 0 Å². The van der Waals surface area contributed by atoms with E-state index < -0.39 is 4.92 Å². The fourth-order valence-corrected chi connectivity index (χ4v) is 2.31. The van der Waals surface area contributed by atoms with Gasteiger partial charge in [0.2, 0.25) is 0 Å². The second-order valence-electron chi connectivity index (χ2n) is 3.86. The molecule has 0 aliphatic heterocycles. The van der Waals surface area contributed by atoms with Gasteiger partial charge in [-0.1, -0.05) is 0 Å². The molecule has 1 aromatic carbocycles. The van der Waals surface area contributed by atoms with E-state index >= 15 is 0 Å². The lowest BCUT2D eigenvalue weighted by Gasteiger charge is -2.05. The van der Waals surface area contributed by atoms with Crippen molar-refractivity contribution < 1.29 is 4.92 Å². The average Bonchev–Trinajstić information content (AvgIpc) is 2.83. The molecule has 6 nitrogen and oxygen atoms in total. The van der Waals surface area contributed by atoms with E-state index in [-0.39, 0.29) is 5.69 Å². The zero-order chi connectivity index (χ0) is 13.4. The van der Waals surface area contributed by atoms with E-state index in [1.807, 2.05) is 6.20 Å². The van der Waals surface area contributed by atoms with E-state index in [4.69, 9.17) is 0 Å². The monoisotopic (exact) mass is 366 g/mol. The van der Waals surface area contributed by atoms with Crippen molar-refractivity contribution in [2.75, 3.05) is 0 Å². The minimum absolute atomic E-state index is 0.0497. The lowest BCUT2D eigenvalue weighted by atomic mass is 10.1. The van der Waals surface area contributed by atoms with Crippen molar-refractivity contribution in [1.29, 1.82) is 0 Å². The molecule has 0 spiro atoms. The van der Waals surface area contributed by atoms with Gasteiger partial charge in [-0.3, -0.25) is 15.1 Å². The number of nitro benzene ring substituents is 1. The average molecular weight is 366 g/mol. The van der Waals surface area contributed by atoms with Gasteiger partial charge in [-0.05, 0) is 40.8 Å². The molecule has 7 heteroatoms. The van der Waals surface area contributed by atoms with Gasteiger partial charge in [0.15, 0.2) is 0 Å². The predicted octanol–water partition coefficient (Wildman–Crippen LogP) is 2.93. The Morgan fingerprint density at radius 3 is 2.84 bits per heavy atom. The van der Waals surface area contributed by atoms with Gasteiger partial charge < -0.3 is 0 Å². The molecule has 0 N–H and O–H groups in total. The van der Waals surface area contributed by atoms with E-state index in [1.165, 1.54) is 6.07 Å². The summed E-state index contributed by atoms with van der Waals surface area (Å²) in [5.74, 6) is 0. The molecule has 0 atom stereocenters. The Labute approximate surface area is 121 Å². The maximum absolute atomic E-state index is 11.0. The summed E-state index contributed by atoms with van der Waals surface area (Å²) in [6.45, 7) is 0. The Balaban J connectivity index is 2.34. The number of hydrogen-bond donors (Lipinski definition) is 0. The van der Waals surface area contributed by atoms with Crippen molar-refractivity contribution in [3.63, 3.8) is 0 Å². The lowest BCUT2D eigenvalue weighted by molar-refractivity contribution is -0.383. The summed E-state index contributed by atoms with van der Waals surface area (Å²) in [5, 5.41) is 15.7. The highest BCUT2D eigenvalue weighted by Gasteiger charge is 2.16. The number of rotatable bonds is 2. The van der Waals surface area contributed by atoms with Crippen molar-refractivity contribution in [3.05, 3.63) is 56.5 Å². The van der Waals surface area contributed by atoms with Crippen LogP contribution in [0.3, 0.4) is 0 Å². The van der Waals surface area contributed by atoms with Crippen LogP contribution in [0.5, 0.6) is 0 Å². The van der Waals surface area contributed by atoms with Crippen molar-refractivity contribution >= 4 is 39.2 Å². The highest BCUT2D eigenvalue weighted by atomic mass is 127. The number of halogens is 1. The maximum atomic E-state index is 11.0. The van der Waals surface area contributed by atoms with Gasteiger partial charge in [0.05, 0.1) is 25.8 Å². The van der Waals surface area contributed by atoms with Gasteiger partial charge in [0.25, 0.3) is 5.69 Å². The van der Waals surface area contributed by atoms with Crippen LogP contribution in [0.1, 0.15) is 0 Å². The molecule has 94 valence electrons. The molecular formula is C12H7IN4O2. The molecule has 2 heterocycles. The molecule has 0 amide bonds. The summed E-state index contributed by atoms with van der Waals surface area (Å²) in [5.41, 5.74) is 1.34. The quantitative estimate of drug-likeness (QED) is 0.397. The molecule has 3 aromatic rings. The standard InChI is InChI=1S/C12H7IN4O2/c13-8-6-15-16(7-8)11-4-3-10(17(18)19)9-2-1-5-14-12(9)11/h1-7H. The summed E-state index contributed by atoms with van der Waals surface area (Å²) in [6.07, 6.45) is 5.18. The Kier molecular flexibility index (Phi) is 2.90. The summed E-state index contributed by atoms with van der Waals surface area (Å²) < 4.78 is 2.65. The van der Waals surface area contributed by atoms with Crippen molar-refractivity contribution in [2.24, 2.45) is 0 Å². The molecule has 3 rings (SSSR count). The van der Waals surface area contributed by atoms with Gasteiger partial charge in [0.1, 0.15) is 5.52 Å². The second kappa shape index (κ2) is 4.57. The molecule has 19 heavy (non-hydrogen) atoms. The number of fused-ring (bicyclic) bond motifs is 1. The predicted molar refractivity (Wildman–Crippen MR) is 78.2 cm³/mol. The first-order valence-electron chi connectivity index (χ1n) is 5.39. The second-order valence-corrected chi connectivity index (χ2v) is 5.11. The fourth-order valence-electron chi connectivity index (χ4n) is 1.92. The molecular weight excluding hydrogens is 359 g/mol. The van der Waals surface area contributed by atoms with Crippen LogP contribution in [0, 0.1) is 13.7 Å². The molecule has 0 radical (unpaired) electrons. The fraction of sp³-hybridized carbons (Fsp3) is 0. The van der Waals surface area contributed by atoms with Crippen molar-refractivity contribution in [3.8, 4) is 5.69 Å². The normalized spacial score (nSPS) is 10.8. The minimum atomic E-state index is -0.402. The van der Waals surface area contributed by atoms with Gasteiger partial charge in [-0.15, -0.1) is 0 Å². The van der Waals surface area contributed by atoms with Crippen LogP contribution in [0.15, 0.2) is 42.9 Å². The first-order chi connectivity index (χ1) is 9.16. The smallest absolute Gasteiger partial charge is 0.258 e. The maximum Gasteiger partial charge on any atom is 0.278 e. The molecule has 0 aliphatic rings. The third-order valence-electron chi connectivity index (χ3n) is 2.72. The number of pyridine rings is 1. The zero-order valence-electron chi connectivity index (χ0n) is 9.52. The summed E-state index contributed by atoms with van der Waals surface area (Å²) in [6, 6.07) is 6.52. The summed E-state index contributed by atoms with van der Waals surface area (Å²) in [7, 11) is 0. The number of aromatic nitrogens is 3. The number of non-ortho nitro benzene ring substituents is 1. The van der Waals surface area contributed by atoms with Crippen LogP contribution < -0.4 is 0 Å². The Hall–Kier alpha value is -2.03. The minimum Gasteiger partial charge on any atom is -0.258 e. The molecule has 0 saturated carbocycles. The third-order valence-corrected chi connectivity index (χ3v) is 3.28. The lowest BCUT2D eigenvalue weighted by Crippen LogP contribution is -1.99. The number of hydrogen-bond acceptors (Lipinski definition) is 4. The van der Waals surface area contributed by atoms with Crippen LogP contribution in [0.2, 0.25) is 0 Å². The molecule has 0 unspecified atom stereocenters. The summed E-state index contributed by atoms with van der Waals surface area (Å²) in [4.78, 5) is 14.9. The van der Waals surface area contributed by atoms with Crippen molar-refractivity contribution in [2.45, 2.75) is 0 Å². The zero-order valence-corrected chi connectivity index (χ0v) is 11.7. The Morgan fingerprint density at radius 2 is 2.16 bits per heavy atom. The van der Waals surface area contributed by atoms with Gasteiger partial charge in [-0.25, -0.2) is 4.68 Å². The van der Waals surface area contributed by atoms with Crippen LogP contribution in [-0.4, -0.2) is 19.7 Å². The van der Waals surface area contributed by atoms with E-state index in [2.05, 4.69) is 32.7 Å². The third kappa shape index (κ3) is 2.05. The molecule has 0 bridgehead atoms. The van der Waals surface area contributed by atoms with Gasteiger partial charge in [0, 0.05) is 18.5 Å². The van der Waals surface area contributed by atoms with E-state index in [0.29, 0.717) is 10.9 Å². The number of nitro groups is 1. The highest BCUT2D eigenvalue weighted by molar-refractivity contribution is 14.1. The Bertz CT molecular complexity index is 784. The summed E-state index contributed by atoms with van der Waals surface area (Å²) >= 11 is 2.16. The number of nitrogens with zero attached hydrogens (tertiary/aromatic N) is 4. The molecule has 0 aliphatic carbocycles. The van der Waals surface area contributed by atoms with Gasteiger partial charge in [-0.2, -0.15) is 5.10 Å². The largest absolute Gasteiger partial charge is 0.278 e. The van der Waals surface area contributed by atoms with Crippen LogP contribution >= 0.6 is 22.6 Å². The molecule has 0 fully saturated rings. The molecule has 0 saturated heterocycles. The first kappa shape index (κ1) is 12.0. The van der Waals surface area contributed by atoms with Gasteiger partial charge >= 0.3 is 0 Å². The SMILES string of the molecule is O=[N+]([O-])c1ccc(-n2cc(I)cn2)c2ncccc12. The van der Waals surface area contributed by atoms with Crippen molar-refractivity contribution in [1.82, 2.24) is 14.8 Å². The van der Waals surface area contributed by atoms with E-state index in [0.717, 1.165) is 9.26 Å². The van der Waals surface area contributed by atoms with E-state index in [9.17, 15) is 10.1 Å². The first-order valence-corrected chi connectivity index (χ1v) is 6.47. The Morgan fingerprint density at radius 1 is 1.32 bits per heavy atom. The van der Waals surface area contributed by atoms with Crippen LogP contribution in [0.4, 0.5) is 5.69 Å². The number of benzene rings is 1. The molecule has 2 aromatic heterocycles. The van der Waals surface area contributed by atoms with E-state index in [1.54, 1.807) is 35.3 Å². The van der Waals surface area contributed by atoms with Crippen LogP contribution in [0.25, 0.3) is 16.6 Å². The highest BCUT2D eigenvalue weighted by Crippen LogP contribution is 2.28. The topological polar surface area (TPSA) is 73.8 Å².